The van der Waals surface area contributed by atoms with Gasteiger partial charge in [0.05, 0.1) is 16.7 Å². The standard InChI is InChI=1S/C12H11ClN2O.C6H7ClN2.C5H6ClN3.C2H6/c1-6-4-10-11(5-9(6)8(3)16)14-7(2)12(13)15-10;1-4-3-5(2)9-6(7)8-4;1-3-7-4(2)9-5(6)8-3;1-2/h4-5H,1-3H3;3H,1-2H3;1-2H3;1-2H3. The molecule has 3 aromatic heterocycles. The lowest BCUT2D eigenvalue weighted by atomic mass is 10.0. The van der Waals surface area contributed by atoms with Gasteiger partial charge >= 0.3 is 0 Å². The molecule has 0 amide bonds. The molecule has 0 aliphatic carbocycles. The highest BCUT2D eigenvalue weighted by atomic mass is 35.5. The highest BCUT2D eigenvalue weighted by Crippen LogP contribution is 2.20. The zero-order valence-electron chi connectivity index (χ0n) is 21.9. The predicted molar refractivity (Wildman–Crippen MR) is 146 cm³/mol. The smallest absolute Gasteiger partial charge is 0.225 e. The van der Waals surface area contributed by atoms with Crippen molar-refractivity contribution in [1.29, 1.82) is 0 Å². The SMILES string of the molecule is CC.CC(=O)c1cc2nc(C)c(Cl)nc2cc1C.Cc1cc(C)nc(Cl)n1.Cc1nc(C)nc(Cl)n1. The first-order valence-electron chi connectivity index (χ1n) is 11.1. The number of ketones is 1. The fourth-order valence-corrected chi connectivity index (χ4v) is 3.56. The summed E-state index contributed by atoms with van der Waals surface area (Å²) in [4.78, 5) is 39.2. The Bertz CT molecular complexity index is 1200. The molecule has 11 heteroatoms. The molecule has 0 saturated carbocycles. The van der Waals surface area contributed by atoms with E-state index in [1.807, 2.05) is 46.8 Å². The van der Waals surface area contributed by atoms with Gasteiger partial charge in [-0.3, -0.25) is 4.79 Å². The second kappa shape index (κ2) is 14.7. The highest BCUT2D eigenvalue weighted by Gasteiger charge is 2.09. The normalized spacial score (nSPS) is 9.78. The van der Waals surface area contributed by atoms with Crippen LogP contribution in [0.15, 0.2) is 18.2 Å². The third kappa shape index (κ3) is 10.0. The molecule has 0 radical (unpaired) electrons. The van der Waals surface area contributed by atoms with E-state index in [1.54, 1.807) is 33.8 Å². The van der Waals surface area contributed by atoms with Crippen LogP contribution in [-0.2, 0) is 0 Å². The Morgan fingerprint density at radius 2 is 1.11 bits per heavy atom. The van der Waals surface area contributed by atoms with Crippen LogP contribution in [0, 0.1) is 41.5 Å². The number of nitrogens with zero attached hydrogens (tertiary/aromatic N) is 7. The summed E-state index contributed by atoms with van der Waals surface area (Å²) in [5.74, 6) is 1.36. The van der Waals surface area contributed by atoms with E-state index in [2.05, 4.69) is 34.9 Å². The molecule has 0 saturated heterocycles. The second-order valence-corrected chi connectivity index (χ2v) is 8.46. The maximum absolute atomic E-state index is 11.4. The zero-order valence-corrected chi connectivity index (χ0v) is 24.2. The van der Waals surface area contributed by atoms with E-state index in [1.165, 1.54) is 0 Å². The fourth-order valence-electron chi connectivity index (χ4n) is 2.91. The highest BCUT2D eigenvalue weighted by molar-refractivity contribution is 6.30. The van der Waals surface area contributed by atoms with Crippen LogP contribution in [0.2, 0.25) is 15.7 Å². The molecular weight excluding hydrogens is 521 g/mol. The van der Waals surface area contributed by atoms with Gasteiger partial charge in [0.2, 0.25) is 10.6 Å². The van der Waals surface area contributed by atoms with E-state index in [9.17, 15) is 4.79 Å². The Balaban J connectivity index is 0.000000278. The second-order valence-electron chi connectivity index (χ2n) is 7.43. The van der Waals surface area contributed by atoms with Crippen LogP contribution in [0.4, 0.5) is 0 Å². The lowest BCUT2D eigenvalue weighted by molar-refractivity contribution is 0.101. The molecular formula is C25H30Cl3N7O. The van der Waals surface area contributed by atoms with E-state index in [-0.39, 0.29) is 11.1 Å². The van der Waals surface area contributed by atoms with Crippen molar-refractivity contribution in [2.24, 2.45) is 0 Å². The average molecular weight is 551 g/mol. The van der Waals surface area contributed by atoms with Gasteiger partial charge in [-0.2, -0.15) is 0 Å². The number of rotatable bonds is 1. The third-order valence-electron chi connectivity index (χ3n) is 4.29. The summed E-state index contributed by atoms with van der Waals surface area (Å²) < 4.78 is 0. The molecule has 4 aromatic rings. The summed E-state index contributed by atoms with van der Waals surface area (Å²) in [6.45, 7) is 16.6. The van der Waals surface area contributed by atoms with Gasteiger partial charge in [0.25, 0.3) is 0 Å². The Kier molecular flexibility index (Phi) is 12.7. The topological polar surface area (TPSA) is 107 Å². The first-order chi connectivity index (χ1) is 16.8. The van der Waals surface area contributed by atoms with E-state index in [0.29, 0.717) is 38.9 Å². The van der Waals surface area contributed by atoms with Crippen molar-refractivity contribution in [3.05, 3.63) is 73.8 Å². The minimum absolute atomic E-state index is 0.0359. The monoisotopic (exact) mass is 549 g/mol. The number of carbonyl (C=O) groups excluding carboxylic acids is 1. The minimum atomic E-state index is 0.0359. The van der Waals surface area contributed by atoms with Gasteiger partial charge < -0.3 is 0 Å². The number of fused-ring (bicyclic) bond motifs is 1. The summed E-state index contributed by atoms with van der Waals surface area (Å²) in [6.07, 6.45) is 0. The number of hydrogen-bond donors (Lipinski definition) is 0. The number of aromatic nitrogens is 7. The molecule has 0 fully saturated rings. The van der Waals surface area contributed by atoms with E-state index in [4.69, 9.17) is 34.8 Å². The molecule has 0 bridgehead atoms. The molecule has 0 aliphatic rings. The molecule has 0 unspecified atom stereocenters. The lowest BCUT2D eigenvalue weighted by Gasteiger charge is -2.05. The number of hydrogen-bond acceptors (Lipinski definition) is 8. The molecule has 192 valence electrons. The van der Waals surface area contributed by atoms with E-state index >= 15 is 0 Å². The minimum Gasteiger partial charge on any atom is -0.294 e. The summed E-state index contributed by atoms with van der Waals surface area (Å²) in [5.41, 5.74) is 5.50. The van der Waals surface area contributed by atoms with Crippen LogP contribution in [0.25, 0.3) is 11.0 Å². The van der Waals surface area contributed by atoms with Crippen molar-refractivity contribution in [3.8, 4) is 0 Å². The zero-order chi connectivity index (χ0) is 27.6. The van der Waals surface area contributed by atoms with Crippen LogP contribution in [-0.4, -0.2) is 40.7 Å². The predicted octanol–water partition coefficient (Wildman–Crippen LogP) is 7.02. The van der Waals surface area contributed by atoms with Gasteiger partial charge in [-0.25, -0.2) is 34.9 Å². The number of benzene rings is 1. The first-order valence-corrected chi connectivity index (χ1v) is 12.3. The number of Topliss-reactive ketones (excluding diaryl/α,β-unsaturated/α-hetero) is 1. The Labute approximate surface area is 227 Å². The Morgan fingerprint density at radius 3 is 1.56 bits per heavy atom. The van der Waals surface area contributed by atoms with E-state index in [0.717, 1.165) is 22.5 Å². The van der Waals surface area contributed by atoms with Crippen molar-refractivity contribution in [3.63, 3.8) is 0 Å². The quantitative estimate of drug-likeness (QED) is 0.184. The van der Waals surface area contributed by atoms with Crippen molar-refractivity contribution < 1.29 is 4.79 Å². The number of aryl methyl sites for hydroxylation is 6. The van der Waals surface area contributed by atoms with Crippen molar-refractivity contribution in [1.82, 2.24) is 34.9 Å². The van der Waals surface area contributed by atoms with Gasteiger partial charge in [0.15, 0.2) is 10.9 Å². The molecule has 0 atom stereocenters. The van der Waals surface area contributed by atoms with Crippen LogP contribution in [0.3, 0.4) is 0 Å². The van der Waals surface area contributed by atoms with Crippen LogP contribution in [0.1, 0.15) is 65.4 Å². The summed E-state index contributed by atoms with van der Waals surface area (Å²) >= 11 is 16.9. The number of halogens is 3. The Hall–Kier alpha value is -2.81. The van der Waals surface area contributed by atoms with Crippen molar-refractivity contribution in [2.75, 3.05) is 0 Å². The molecule has 4 rings (SSSR count). The van der Waals surface area contributed by atoms with Crippen molar-refractivity contribution in [2.45, 2.75) is 62.3 Å². The van der Waals surface area contributed by atoms with Crippen molar-refractivity contribution >= 4 is 51.6 Å². The first kappa shape index (κ1) is 31.2. The summed E-state index contributed by atoms with van der Waals surface area (Å²) in [7, 11) is 0. The summed E-state index contributed by atoms with van der Waals surface area (Å²) in [6, 6.07) is 5.49. The molecule has 8 nitrogen and oxygen atoms in total. The molecule has 3 heterocycles. The fraction of sp³-hybridized carbons (Fsp3) is 0.360. The molecule has 0 N–H and O–H groups in total. The average Bonchev–Trinajstić information content (AvgIpc) is 2.75. The molecule has 36 heavy (non-hydrogen) atoms. The van der Waals surface area contributed by atoms with Crippen LogP contribution < -0.4 is 0 Å². The summed E-state index contributed by atoms with van der Waals surface area (Å²) in [5, 5.41) is 0.995. The molecule has 0 spiro atoms. The van der Waals surface area contributed by atoms with Gasteiger partial charge in [0.1, 0.15) is 11.6 Å². The number of carbonyl (C=O) groups is 1. The van der Waals surface area contributed by atoms with E-state index < -0.39 is 0 Å². The Morgan fingerprint density at radius 1 is 0.639 bits per heavy atom. The maximum atomic E-state index is 11.4. The van der Waals surface area contributed by atoms with Gasteiger partial charge in [-0.05, 0) is 95.4 Å². The van der Waals surface area contributed by atoms with Gasteiger partial charge in [-0.15, -0.1) is 0 Å². The maximum Gasteiger partial charge on any atom is 0.225 e. The molecule has 1 aromatic carbocycles. The third-order valence-corrected chi connectivity index (χ3v) is 4.99. The van der Waals surface area contributed by atoms with Gasteiger partial charge in [0, 0.05) is 17.0 Å². The molecule has 0 aliphatic heterocycles. The van der Waals surface area contributed by atoms with Crippen LogP contribution in [0.5, 0.6) is 0 Å². The lowest BCUT2D eigenvalue weighted by Crippen LogP contribution is -1.98. The van der Waals surface area contributed by atoms with Crippen LogP contribution >= 0.6 is 34.8 Å². The van der Waals surface area contributed by atoms with Gasteiger partial charge in [-0.1, -0.05) is 25.4 Å². The largest absolute Gasteiger partial charge is 0.294 e.